The average Bonchev–Trinajstić information content (AvgIpc) is 3.14. The van der Waals surface area contributed by atoms with Crippen LogP contribution in [0.3, 0.4) is 0 Å². The summed E-state index contributed by atoms with van der Waals surface area (Å²) in [5, 5.41) is 26.0. The molecule has 0 radical (unpaired) electrons. The van der Waals surface area contributed by atoms with Crippen LogP contribution in [-0.4, -0.2) is 59.6 Å². The molecule has 0 saturated carbocycles. The summed E-state index contributed by atoms with van der Waals surface area (Å²) in [7, 11) is 0. The van der Waals surface area contributed by atoms with Crippen LogP contribution in [0.25, 0.3) is 11.3 Å². The van der Waals surface area contributed by atoms with E-state index in [9.17, 15) is 20.2 Å². The van der Waals surface area contributed by atoms with Gasteiger partial charge < -0.3 is 10.1 Å². The smallest absolute Gasteiger partial charge is 0.319 e. The fourth-order valence-corrected chi connectivity index (χ4v) is 3.65. The number of nitro benzene ring substituents is 1. The number of nitriles is 1. The van der Waals surface area contributed by atoms with Gasteiger partial charge in [-0.3, -0.25) is 20.3 Å². The summed E-state index contributed by atoms with van der Waals surface area (Å²) in [6.07, 6.45) is 0.815. The van der Waals surface area contributed by atoms with Crippen molar-refractivity contribution in [1.29, 1.82) is 5.26 Å². The second-order valence-corrected chi connectivity index (χ2v) is 7.11. The summed E-state index contributed by atoms with van der Waals surface area (Å²) in [6.45, 7) is 4.70. The number of hydrogen-bond donors (Lipinski definition) is 2. The Hall–Kier alpha value is -3.07. The SMILES string of the molecule is N#Cc1c(-c2ccc([N+](=O)[O-])cc2)nsc1NC(=O)NCCCN1CCOCC1. The number of benzene rings is 1. The van der Waals surface area contributed by atoms with Gasteiger partial charge >= 0.3 is 6.03 Å². The standard InChI is InChI=1S/C18H20N6O4S/c19-12-15-16(13-2-4-14(5-3-13)24(26)27)22-29-17(15)21-18(25)20-6-1-7-23-8-10-28-11-9-23/h2-5H,1,6-11H2,(H2,20,21,25). The number of carbonyl (C=O) groups is 1. The molecule has 0 aliphatic carbocycles. The molecule has 0 unspecified atom stereocenters. The van der Waals surface area contributed by atoms with E-state index in [1.807, 2.05) is 6.07 Å². The van der Waals surface area contributed by atoms with Gasteiger partial charge in [-0.15, -0.1) is 0 Å². The summed E-state index contributed by atoms with van der Waals surface area (Å²) < 4.78 is 9.53. The van der Waals surface area contributed by atoms with Crippen LogP contribution < -0.4 is 10.6 Å². The molecule has 2 heterocycles. The Bertz CT molecular complexity index is 902. The van der Waals surface area contributed by atoms with E-state index in [4.69, 9.17) is 4.74 Å². The predicted octanol–water partition coefficient (Wildman–Crippen LogP) is 2.43. The Morgan fingerprint density at radius 1 is 1.34 bits per heavy atom. The first-order valence-electron chi connectivity index (χ1n) is 9.08. The van der Waals surface area contributed by atoms with Crippen molar-refractivity contribution in [2.45, 2.75) is 6.42 Å². The van der Waals surface area contributed by atoms with E-state index in [1.165, 1.54) is 24.3 Å². The molecule has 2 aromatic rings. The molecule has 152 valence electrons. The Morgan fingerprint density at radius 2 is 2.07 bits per heavy atom. The van der Waals surface area contributed by atoms with Crippen LogP contribution >= 0.6 is 11.5 Å². The number of non-ortho nitro benzene ring substituents is 1. The maximum atomic E-state index is 12.1. The lowest BCUT2D eigenvalue weighted by Crippen LogP contribution is -2.38. The lowest BCUT2D eigenvalue weighted by atomic mass is 10.1. The maximum absolute atomic E-state index is 12.1. The van der Waals surface area contributed by atoms with Crippen LogP contribution in [0.1, 0.15) is 12.0 Å². The number of aromatic nitrogens is 1. The fourth-order valence-electron chi connectivity index (χ4n) is 2.89. The largest absolute Gasteiger partial charge is 0.379 e. The van der Waals surface area contributed by atoms with Gasteiger partial charge in [-0.1, -0.05) is 0 Å². The Morgan fingerprint density at radius 3 is 2.72 bits per heavy atom. The van der Waals surface area contributed by atoms with Crippen molar-refractivity contribution in [3.8, 4) is 17.3 Å². The van der Waals surface area contributed by atoms with E-state index in [-0.39, 0.29) is 11.3 Å². The molecular weight excluding hydrogens is 396 g/mol. The van der Waals surface area contributed by atoms with E-state index in [1.54, 1.807) is 0 Å². The number of nitro groups is 1. The van der Waals surface area contributed by atoms with E-state index >= 15 is 0 Å². The van der Waals surface area contributed by atoms with Gasteiger partial charge in [0.1, 0.15) is 22.3 Å². The van der Waals surface area contributed by atoms with Gasteiger partial charge in [-0.25, -0.2) is 4.79 Å². The normalized spacial score (nSPS) is 14.2. The number of anilines is 1. The van der Waals surface area contributed by atoms with Gasteiger partial charge in [-0.05, 0) is 36.6 Å². The molecule has 1 aliphatic rings. The quantitative estimate of drug-likeness (QED) is 0.402. The summed E-state index contributed by atoms with van der Waals surface area (Å²) in [6, 6.07) is 7.41. The number of morpholine rings is 1. The van der Waals surface area contributed by atoms with E-state index in [2.05, 4.69) is 19.9 Å². The minimum atomic E-state index is -0.494. The molecule has 0 bridgehead atoms. The van der Waals surface area contributed by atoms with Crippen molar-refractivity contribution in [2.75, 3.05) is 44.7 Å². The van der Waals surface area contributed by atoms with Crippen LogP contribution in [0.5, 0.6) is 0 Å². The number of nitrogens with zero attached hydrogens (tertiary/aromatic N) is 4. The minimum absolute atomic E-state index is 0.0442. The molecule has 29 heavy (non-hydrogen) atoms. The van der Waals surface area contributed by atoms with E-state index < -0.39 is 11.0 Å². The molecule has 1 fully saturated rings. The molecule has 10 nitrogen and oxygen atoms in total. The molecule has 0 atom stereocenters. The zero-order chi connectivity index (χ0) is 20.6. The monoisotopic (exact) mass is 416 g/mol. The zero-order valence-electron chi connectivity index (χ0n) is 15.6. The topological polar surface area (TPSA) is 133 Å². The van der Waals surface area contributed by atoms with Gasteiger partial charge in [0.2, 0.25) is 0 Å². The summed E-state index contributed by atoms with van der Waals surface area (Å²) in [4.78, 5) is 24.7. The molecule has 1 aliphatic heterocycles. The average molecular weight is 416 g/mol. The number of hydrogen-bond acceptors (Lipinski definition) is 8. The lowest BCUT2D eigenvalue weighted by Gasteiger charge is -2.26. The Labute approximate surface area is 171 Å². The molecule has 1 aromatic carbocycles. The van der Waals surface area contributed by atoms with Gasteiger partial charge in [0, 0.05) is 37.3 Å². The second-order valence-electron chi connectivity index (χ2n) is 6.34. The van der Waals surface area contributed by atoms with Gasteiger partial charge in [0.15, 0.2) is 0 Å². The van der Waals surface area contributed by atoms with Crippen LogP contribution in [0.15, 0.2) is 24.3 Å². The van der Waals surface area contributed by atoms with Crippen molar-refractivity contribution >= 4 is 28.3 Å². The number of carbonyl (C=O) groups excluding carboxylic acids is 1. The predicted molar refractivity (Wildman–Crippen MR) is 108 cm³/mol. The van der Waals surface area contributed by atoms with Crippen LogP contribution in [-0.2, 0) is 4.74 Å². The first-order chi connectivity index (χ1) is 14.1. The van der Waals surface area contributed by atoms with Gasteiger partial charge in [0.25, 0.3) is 5.69 Å². The van der Waals surface area contributed by atoms with Crippen molar-refractivity contribution < 1.29 is 14.5 Å². The summed E-state index contributed by atoms with van der Waals surface area (Å²) >= 11 is 0.996. The second kappa shape index (κ2) is 9.92. The molecule has 2 amide bonds. The fraction of sp³-hybridized carbons (Fsp3) is 0.389. The Kier molecular flexibility index (Phi) is 7.07. The zero-order valence-corrected chi connectivity index (χ0v) is 16.4. The lowest BCUT2D eigenvalue weighted by molar-refractivity contribution is -0.384. The van der Waals surface area contributed by atoms with E-state index in [0.717, 1.165) is 50.8 Å². The molecule has 0 spiro atoms. The third-order valence-corrected chi connectivity index (χ3v) is 5.19. The third-order valence-electron chi connectivity index (χ3n) is 4.42. The Balaban J connectivity index is 1.54. The first kappa shape index (κ1) is 20.7. The highest BCUT2D eigenvalue weighted by atomic mass is 32.1. The summed E-state index contributed by atoms with van der Waals surface area (Å²) in [5.74, 6) is 0. The van der Waals surface area contributed by atoms with E-state index in [0.29, 0.717) is 22.8 Å². The van der Waals surface area contributed by atoms with Crippen molar-refractivity contribution in [3.63, 3.8) is 0 Å². The highest BCUT2D eigenvalue weighted by Gasteiger charge is 2.18. The molecular formula is C18H20N6O4S. The maximum Gasteiger partial charge on any atom is 0.319 e. The number of amides is 2. The van der Waals surface area contributed by atoms with Crippen molar-refractivity contribution in [2.24, 2.45) is 0 Å². The van der Waals surface area contributed by atoms with Gasteiger partial charge in [-0.2, -0.15) is 9.64 Å². The number of urea groups is 1. The molecule has 2 N–H and O–H groups in total. The van der Waals surface area contributed by atoms with Crippen molar-refractivity contribution in [1.82, 2.24) is 14.6 Å². The highest BCUT2D eigenvalue weighted by molar-refractivity contribution is 7.11. The van der Waals surface area contributed by atoms with Crippen LogP contribution in [0.4, 0.5) is 15.5 Å². The molecule has 11 heteroatoms. The summed E-state index contributed by atoms with van der Waals surface area (Å²) in [5.41, 5.74) is 1.14. The highest BCUT2D eigenvalue weighted by Crippen LogP contribution is 2.32. The third kappa shape index (κ3) is 5.47. The van der Waals surface area contributed by atoms with Crippen molar-refractivity contribution in [3.05, 3.63) is 39.9 Å². The minimum Gasteiger partial charge on any atom is -0.379 e. The molecule has 3 rings (SSSR count). The number of ether oxygens (including phenoxy) is 1. The van der Waals surface area contributed by atoms with Crippen LogP contribution in [0.2, 0.25) is 0 Å². The molecule has 1 saturated heterocycles. The first-order valence-corrected chi connectivity index (χ1v) is 9.85. The number of rotatable bonds is 7. The molecule has 1 aromatic heterocycles. The van der Waals surface area contributed by atoms with Crippen LogP contribution in [0, 0.1) is 21.4 Å². The number of nitrogens with one attached hydrogen (secondary N) is 2. The van der Waals surface area contributed by atoms with Gasteiger partial charge in [0.05, 0.1) is 18.1 Å².